The van der Waals surface area contributed by atoms with Crippen molar-refractivity contribution in [3.8, 4) is 0 Å². The molecule has 11 heteroatoms. The number of nitrogens with zero attached hydrogens (tertiary/aromatic N) is 4. The van der Waals surface area contributed by atoms with Crippen molar-refractivity contribution < 1.29 is 18.1 Å². The van der Waals surface area contributed by atoms with Crippen molar-refractivity contribution in [2.45, 2.75) is 23.1 Å². The minimum Gasteiger partial charge on any atom is -0.369 e. The second kappa shape index (κ2) is 9.08. The lowest BCUT2D eigenvalue weighted by molar-refractivity contribution is -0.384. The van der Waals surface area contributed by atoms with Crippen LogP contribution in [0.3, 0.4) is 0 Å². The Hall–Kier alpha value is -2.63. The Labute approximate surface area is 191 Å². The van der Waals surface area contributed by atoms with Gasteiger partial charge in [0.25, 0.3) is 5.69 Å². The Balaban J connectivity index is 1.51. The molecule has 2 aromatic rings. The van der Waals surface area contributed by atoms with Gasteiger partial charge in [-0.1, -0.05) is 0 Å². The number of nitro groups is 1. The van der Waals surface area contributed by atoms with Gasteiger partial charge in [0, 0.05) is 62.4 Å². The normalized spacial score (nSPS) is 17.5. The molecule has 2 aliphatic rings. The van der Waals surface area contributed by atoms with Crippen LogP contribution in [0.5, 0.6) is 0 Å². The van der Waals surface area contributed by atoms with Crippen LogP contribution in [0, 0.1) is 10.1 Å². The predicted octanol–water partition coefficient (Wildman–Crippen LogP) is 2.95. The molecule has 2 aromatic carbocycles. The van der Waals surface area contributed by atoms with Crippen molar-refractivity contribution in [2.24, 2.45) is 0 Å². The first kappa shape index (κ1) is 22.6. The first-order valence-electron chi connectivity index (χ1n) is 10.3. The fourth-order valence-corrected chi connectivity index (χ4v) is 6.38. The van der Waals surface area contributed by atoms with Gasteiger partial charge in [0.15, 0.2) is 0 Å². The number of piperazine rings is 1. The van der Waals surface area contributed by atoms with Crippen LogP contribution < -0.4 is 9.80 Å². The molecule has 170 valence electrons. The molecule has 32 heavy (non-hydrogen) atoms. The van der Waals surface area contributed by atoms with E-state index >= 15 is 0 Å². The molecular formula is C21H24N4O5S2. The third-order valence-corrected chi connectivity index (χ3v) is 8.73. The van der Waals surface area contributed by atoms with E-state index in [-0.39, 0.29) is 16.5 Å². The number of hydrogen-bond donors (Lipinski definition) is 0. The molecule has 0 unspecified atom stereocenters. The van der Waals surface area contributed by atoms with E-state index in [0.717, 1.165) is 22.8 Å². The van der Waals surface area contributed by atoms with Crippen LogP contribution in [0.1, 0.15) is 13.3 Å². The Morgan fingerprint density at radius 2 is 1.72 bits per heavy atom. The van der Waals surface area contributed by atoms with Crippen molar-refractivity contribution >= 4 is 44.8 Å². The van der Waals surface area contributed by atoms with Gasteiger partial charge < -0.3 is 9.80 Å². The van der Waals surface area contributed by atoms with Crippen LogP contribution >= 0.6 is 11.8 Å². The van der Waals surface area contributed by atoms with Crippen molar-refractivity contribution in [1.82, 2.24) is 4.31 Å². The monoisotopic (exact) mass is 476 g/mol. The van der Waals surface area contributed by atoms with E-state index in [0.29, 0.717) is 38.4 Å². The van der Waals surface area contributed by atoms with Gasteiger partial charge in [-0.3, -0.25) is 14.9 Å². The summed E-state index contributed by atoms with van der Waals surface area (Å²) < 4.78 is 28.1. The summed E-state index contributed by atoms with van der Waals surface area (Å²) >= 11 is 1.64. The molecule has 0 bridgehead atoms. The molecule has 0 N–H and O–H groups in total. The fraction of sp³-hybridized carbons (Fsp3) is 0.381. The summed E-state index contributed by atoms with van der Waals surface area (Å²) in [5, 5.41) is 10.8. The number of nitro benzene ring substituents is 1. The fourth-order valence-electron chi connectivity index (χ4n) is 3.96. The van der Waals surface area contributed by atoms with Crippen LogP contribution in [-0.4, -0.2) is 62.0 Å². The first-order valence-corrected chi connectivity index (χ1v) is 12.7. The predicted molar refractivity (Wildman–Crippen MR) is 124 cm³/mol. The number of thioether (sulfide) groups is 1. The van der Waals surface area contributed by atoms with Gasteiger partial charge >= 0.3 is 0 Å². The average Bonchev–Trinajstić information content (AvgIpc) is 3.01. The maximum atomic E-state index is 13.3. The smallest absolute Gasteiger partial charge is 0.269 e. The highest BCUT2D eigenvalue weighted by Gasteiger charge is 2.30. The number of anilines is 2. The Morgan fingerprint density at radius 3 is 2.34 bits per heavy atom. The van der Waals surface area contributed by atoms with Gasteiger partial charge in [0.05, 0.1) is 15.5 Å². The number of hydrogen-bond acceptors (Lipinski definition) is 7. The maximum absolute atomic E-state index is 13.3. The van der Waals surface area contributed by atoms with Gasteiger partial charge in [-0.05, 0) is 42.5 Å². The van der Waals surface area contributed by atoms with E-state index in [1.165, 1.54) is 23.4 Å². The zero-order chi connectivity index (χ0) is 22.9. The van der Waals surface area contributed by atoms with Gasteiger partial charge in [-0.15, -0.1) is 11.8 Å². The van der Waals surface area contributed by atoms with E-state index < -0.39 is 14.9 Å². The zero-order valence-electron chi connectivity index (χ0n) is 17.6. The number of amides is 1. The molecule has 0 saturated carbocycles. The molecule has 0 atom stereocenters. The van der Waals surface area contributed by atoms with Crippen molar-refractivity contribution in [3.05, 3.63) is 52.6 Å². The maximum Gasteiger partial charge on any atom is 0.269 e. The Bertz CT molecular complexity index is 1130. The summed E-state index contributed by atoms with van der Waals surface area (Å²) in [6, 6.07) is 11.3. The summed E-state index contributed by atoms with van der Waals surface area (Å²) in [7, 11) is -3.71. The van der Waals surface area contributed by atoms with Gasteiger partial charge in [0.2, 0.25) is 15.9 Å². The van der Waals surface area contributed by atoms with E-state index in [1.807, 2.05) is 4.90 Å². The number of carbonyl (C=O) groups is 1. The minimum absolute atomic E-state index is 0.0240. The van der Waals surface area contributed by atoms with Crippen molar-refractivity contribution in [2.75, 3.05) is 48.3 Å². The largest absolute Gasteiger partial charge is 0.369 e. The third-order valence-electron chi connectivity index (χ3n) is 5.69. The molecule has 1 fully saturated rings. The molecule has 0 aliphatic carbocycles. The van der Waals surface area contributed by atoms with Crippen molar-refractivity contribution in [1.29, 1.82) is 0 Å². The molecule has 0 aromatic heterocycles. The minimum atomic E-state index is -3.71. The highest BCUT2D eigenvalue weighted by Crippen LogP contribution is 2.36. The van der Waals surface area contributed by atoms with Gasteiger partial charge in [-0.25, -0.2) is 8.42 Å². The molecule has 0 spiro atoms. The molecule has 4 rings (SSSR count). The summed E-state index contributed by atoms with van der Waals surface area (Å²) in [6.07, 6.45) is 0.853. The summed E-state index contributed by atoms with van der Waals surface area (Å²) in [6.45, 7) is 3.66. The molecule has 0 radical (unpaired) electrons. The van der Waals surface area contributed by atoms with Gasteiger partial charge in [-0.2, -0.15) is 4.31 Å². The van der Waals surface area contributed by atoms with Crippen LogP contribution in [0.2, 0.25) is 0 Å². The van der Waals surface area contributed by atoms with Crippen LogP contribution in [0.4, 0.5) is 17.1 Å². The number of sulfonamides is 1. The van der Waals surface area contributed by atoms with Gasteiger partial charge in [0.1, 0.15) is 0 Å². The summed E-state index contributed by atoms with van der Waals surface area (Å²) in [5.74, 6) is 0.785. The zero-order valence-corrected chi connectivity index (χ0v) is 19.3. The number of rotatable bonds is 4. The van der Waals surface area contributed by atoms with E-state index in [2.05, 4.69) is 0 Å². The summed E-state index contributed by atoms with van der Waals surface area (Å²) in [4.78, 5) is 27.3. The molecule has 1 saturated heterocycles. The Kier molecular flexibility index (Phi) is 6.40. The Morgan fingerprint density at radius 1 is 1.03 bits per heavy atom. The topological polar surface area (TPSA) is 104 Å². The third kappa shape index (κ3) is 4.45. The SMILES string of the molecule is CC(=O)N1CCCSc2ccc(S(=O)(=O)N3CCN(c4ccc([N+](=O)[O-])cc4)CC3)cc21. The van der Waals surface area contributed by atoms with Crippen LogP contribution in [0.25, 0.3) is 0 Å². The highest BCUT2D eigenvalue weighted by molar-refractivity contribution is 7.99. The molecule has 2 heterocycles. The van der Waals surface area contributed by atoms with E-state index in [9.17, 15) is 23.3 Å². The van der Waals surface area contributed by atoms with Crippen LogP contribution in [0.15, 0.2) is 52.3 Å². The lowest BCUT2D eigenvalue weighted by atomic mass is 10.2. The standard InChI is InChI=1S/C21H24N4O5S2/c1-16(26)24-9-2-14-31-21-8-7-19(15-20(21)24)32(29,30)23-12-10-22(11-13-23)17-3-5-18(6-4-17)25(27)28/h3-8,15H,2,9-14H2,1H3. The molecule has 9 nitrogen and oxygen atoms in total. The molecule has 2 aliphatic heterocycles. The average molecular weight is 477 g/mol. The second-order valence-electron chi connectivity index (χ2n) is 7.67. The lowest BCUT2D eigenvalue weighted by Gasteiger charge is -2.35. The first-order chi connectivity index (χ1) is 15.3. The number of fused-ring (bicyclic) bond motifs is 1. The number of non-ortho nitro benzene ring substituents is 1. The molecule has 1 amide bonds. The van der Waals surface area contributed by atoms with E-state index in [4.69, 9.17) is 0 Å². The van der Waals surface area contributed by atoms with Crippen LogP contribution in [-0.2, 0) is 14.8 Å². The summed E-state index contributed by atoms with van der Waals surface area (Å²) in [5.41, 5.74) is 1.51. The number of carbonyl (C=O) groups excluding carboxylic acids is 1. The molecular weight excluding hydrogens is 452 g/mol. The quantitative estimate of drug-likeness (QED) is 0.494. The highest BCUT2D eigenvalue weighted by atomic mass is 32.2. The lowest BCUT2D eigenvalue weighted by Crippen LogP contribution is -2.48. The van der Waals surface area contributed by atoms with E-state index in [1.54, 1.807) is 47.0 Å². The second-order valence-corrected chi connectivity index (χ2v) is 10.7. The van der Waals surface area contributed by atoms with Crippen molar-refractivity contribution in [3.63, 3.8) is 0 Å². The number of benzene rings is 2.